The minimum absolute atomic E-state index is 0.118. The Morgan fingerprint density at radius 1 is 1.13 bits per heavy atom. The van der Waals surface area contributed by atoms with Crippen LogP contribution in [0.15, 0.2) is 59.3 Å². The monoisotopic (exact) mass is 402 g/mol. The number of nitrogen functional groups attached to an aromatic ring is 1. The fourth-order valence-electron chi connectivity index (χ4n) is 3.02. The lowest BCUT2D eigenvalue weighted by molar-refractivity contribution is 0.0951. The van der Waals surface area contributed by atoms with Gasteiger partial charge >= 0.3 is 0 Å². The van der Waals surface area contributed by atoms with Crippen LogP contribution >= 0.6 is 0 Å². The first-order valence-corrected chi connectivity index (χ1v) is 9.52. The molecule has 3 aromatic heterocycles. The van der Waals surface area contributed by atoms with E-state index in [0.717, 1.165) is 17.7 Å². The van der Waals surface area contributed by atoms with E-state index < -0.39 is 0 Å². The van der Waals surface area contributed by atoms with Crippen molar-refractivity contribution in [3.05, 3.63) is 60.4 Å². The van der Waals surface area contributed by atoms with Crippen LogP contribution in [-0.4, -0.2) is 52.9 Å². The molecule has 1 aromatic carbocycles. The molecule has 0 aliphatic rings. The predicted molar refractivity (Wildman–Crippen MR) is 116 cm³/mol. The number of likely N-dealkylation sites (N-methyl/N-ethyl adjacent to an activating group) is 1. The number of carbonyl (C=O) groups is 1. The van der Waals surface area contributed by atoms with Gasteiger partial charge in [-0.05, 0) is 50.0 Å². The molecule has 8 heteroatoms. The van der Waals surface area contributed by atoms with Crippen LogP contribution < -0.4 is 11.1 Å². The van der Waals surface area contributed by atoms with Gasteiger partial charge in [-0.25, -0.2) is 15.0 Å². The fraction of sp³-hybridized carbons (Fsp3) is 0.182. The molecule has 0 bridgehead atoms. The van der Waals surface area contributed by atoms with Gasteiger partial charge in [-0.15, -0.1) is 0 Å². The van der Waals surface area contributed by atoms with Gasteiger partial charge in [0, 0.05) is 36.6 Å². The smallest absolute Gasteiger partial charge is 0.251 e. The maximum absolute atomic E-state index is 12.5. The molecule has 4 rings (SSSR count). The van der Waals surface area contributed by atoms with E-state index in [2.05, 4.69) is 20.3 Å². The van der Waals surface area contributed by atoms with E-state index in [0.29, 0.717) is 40.6 Å². The molecule has 0 radical (unpaired) electrons. The molecule has 3 heterocycles. The van der Waals surface area contributed by atoms with E-state index in [9.17, 15) is 4.79 Å². The molecule has 4 aromatic rings. The van der Waals surface area contributed by atoms with Crippen molar-refractivity contribution >= 4 is 23.0 Å². The minimum Gasteiger partial charge on any atom is -0.418 e. The number of carbonyl (C=O) groups excluding carboxylic acids is 1. The number of aromatic nitrogens is 3. The molecule has 8 nitrogen and oxygen atoms in total. The van der Waals surface area contributed by atoms with E-state index >= 15 is 0 Å². The first-order chi connectivity index (χ1) is 14.5. The Balaban J connectivity index is 1.63. The normalized spacial score (nSPS) is 11.2. The summed E-state index contributed by atoms with van der Waals surface area (Å²) in [4.78, 5) is 27.4. The zero-order valence-electron chi connectivity index (χ0n) is 16.8. The Morgan fingerprint density at radius 2 is 2.00 bits per heavy atom. The van der Waals surface area contributed by atoms with Crippen LogP contribution in [0.4, 0.5) is 5.82 Å². The third-order valence-electron chi connectivity index (χ3n) is 4.62. The topological polar surface area (TPSA) is 110 Å². The first-order valence-electron chi connectivity index (χ1n) is 9.52. The molecule has 30 heavy (non-hydrogen) atoms. The average Bonchev–Trinajstić information content (AvgIpc) is 3.18. The molecule has 0 saturated carbocycles. The number of nitrogens with two attached hydrogens (primary N) is 1. The van der Waals surface area contributed by atoms with Gasteiger partial charge in [-0.2, -0.15) is 0 Å². The number of hydrogen-bond donors (Lipinski definition) is 2. The average molecular weight is 402 g/mol. The Bertz CT molecular complexity index is 1170. The van der Waals surface area contributed by atoms with Crippen LogP contribution in [0.2, 0.25) is 0 Å². The number of amides is 1. The summed E-state index contributed by atoms with van der Waals surface area (Å²) in [5.74, 6) is 0.545. The van der Waals surface area contributed by atoms with E-state index in [1.54, 1.807) is 24.5 Å². The van der Waals surface area contributed by atoms with E-state index in [1.165, 1.54) is 0 Å². The third kappa shape index (κ3) is 4.13. The largest absolute Gasteiger partial charge is 0.418 e. The van der Waals surface area contributed by atoms with Gasteiger partial charge in [0.05, 0.1) is 5.56 Å². The van der Waals surface area contributed by atoms with Gasteiger partial charge in [0.2, 0.25) is 11.6 Å². The Labute approximate surface area is 173 Å². The molecular formula is C22H22N6O2. The van der Waals surface area contributed by atoms with Crippen molar-refractivity contribution in [1.29, 1.82) is 0 Å². The van der Waals surface area contributed by atoms with Crippen molar-refractivity contribution in [3.8, 4) is 22.6 Å². The molecular weight excluding hydrogens is 380 g/mol. The Hall–Kier alpha value is -3.78. The highest BCUT2D eigenvalue weighted by Crippen LogP contribution is 2.31. The molecule has 0 aliphatic carbocycles. The van der Waals surface area contributed by atoms with Crippen LogP contribution in [0.3, 0.4) is 0 Å². The summed E-state index contributed by atoms with van der Waals surface area (Å²) in [6, 6.07) is 12.8. The number of oxazole rings is 1. The minimum atomic E-state index is -0.118. The lowest BCUT2D eigenvalue weighted by Crippen LogP contribution is -2.31. The summed E-state index contributed by atoms with van der Waals surface area (Å²) >= 11 is 0. The first kappa shape index (κ1) is 19.5. The van der Waals surface area contributed by atoms with Gasteiger partial charge < -0.3 is 20.4 Å². The standard InChI is InChI=1S/C22H22N6O2/c1-28(2)10-9-24-20(29)15-6-3-5-14(11-15)16-12-17(19(23)26-13-16)21-27-18-7-4-8-25-22(18)30-21/h3-8,11-13H,9-10H2,1-2H3,(H2,23,26)(H,24,29). The van der Waals surface area contributed by atoms with Crippen molar-refractivity contribution in [2.75, 3.05) is 32.9 Å². The molecule has 0 saturated heterocycles. The lowest BCUT2D eigenvalue weighted by Gasteiger charge is -2.11. The predicted octanol–water partition coefficient (Wildman–Crippen LogP) is 2.83. The summed E-state index contributed by atoms with van der Waals surface area (Å²) in [5, 5.41) is 2.92. The molecule has 152 valence electrons. The van der Waals surface area contributed by atoms with Crippen LogP contribution in [0.25, 0.3) is 33.8 Å². The number of pyridine rings is 2. The number of nitrogens with zero attached hydrogens (tertiary/aromatic N) is 4. The van der Waals surface area contributed by atoms with Crippen molar-refractivity contribution in [1.82, 2.24) is 25.2 Å². The van der Waals surface area contributed by atoms with Gasteiger partial charge in [0.25, 0.3) is 5.91 Å². The lowest BCUT2D eigenvalue weighted by atomic mass is 10.0. The number of rotatable bonds is 6. The van der Waals surface area contributed by atoms with Crippen molar-refractivity contribution in [2.45, 2.75) is 0 Å². The van der Waals surface area contributed by atoms with E-state index in [-0.39, 0.29) is 5.91 Å². The highest BCUT2D eigenvalue weighted by molar-refractivity contribution is 5.95. The summed E-state index contributed by atoms with van der Waals surface area (Å²) in [6.07, 6.45) is 3.31. The zero-order chi connectivity index (χ0) is 21.1. The maximum atomic E-state index is 12.5. The second kappa shape index (κ2) is 8.30. The zero-order valence-corrected chi connectivity index (χ0v) is 16.8. The summed E-state index contributed by atoms with van der Waals surface area (Å²) < 4.78 is 5.74. The summed E-state index contributed by atoms with van der Waals surface area (Å²) in [5.41, 5.74) is 9.97. The molecule has 0 fully saturated rings. The van der Waals surface area contributed by atoms with Gasteiger partial charge in [0.15, 0.2) is 0 Å². The summed E-state index contributed by atoms with van der Waals surface area (Å²) in [6.45, 7) is 1.35. The van der Waals surface area contributed by atoms with Gasteiger partial charge in [-0.3, -0.25) is 4.79 Å². The second-order valence-electron chi connectivity index (χ2n) is 7.14. The fourth-order valence-corrected chi connectivity index (χ4v) is 3.02. The number of hydrogen-bond acceptors (Lipinski definition) is 7. The van der Waals surface area contributed by atoms with Crippen molar-refractivity contribution in [2.24, 2.45) is 0 Å². The quantitative estimate of drug-likeness (QED) is 0.510. The van der Waals surface area contributed by atoms with E-state index in [1.807, 2.05) is 49.3 Å². The second-order valence-corrected chi connectivity index (χ2v) is 7.14. The SMILES string of the molecule is CN(C)CCNC(=O)c1cccc(-c2cnc(N)c(-c3nc4cccnc4o3)c2)c1. The summed E-state index contributed by atoms with van der Waals surface area (Å²) in [7, 11) is 3.93. The van der Waals surface area contributed by atoms with Gasteiger partial charge in [0.1, 0.15) is 11.3 Å². The van der Waals surface area contributed by atoms with Gasteiger partial charge in [-0.1, -0.05) is 12.1 Å². The van der Waals surface area contributed by atoms with Crippen LogP contribution in [0.5, 0.6) is 0 Å². The van der Waals surface area contributed by atoms with E-state index in [4.69, 9.17) is 10.2 Å². The molecule has 0 spiro atoms. The maximum Gasteiger partial charge on any atom is 0.251 e. The molecule has 0 unspecified atom stereocenters. The number of nitrogens with one attached hydrogen (secondary N) is 1. The highest BCUT2D eigenvalue weighted by Gasteiger charge is 2.15. The molecule has 0 aliphatic heterocycles. The van der Waals surface area contributed by atoms with Crippen LogP contribution in [0, 0.1) is 0 Å². The number of benzene rings is 1. The molecule has 1 amide bonds. The van der Waals surface area contributed by atoms with Crippen LogP contribution in [0.1, 0.15) is 10.4 Å². The van der Waals surface area contributed by atoms with Crippen LogP contribution in [-0.2, 0) is 0 Å². The van der Waals surface area contributed by atoms with Crippen molar-refractivity contribution < 1.29 is 9.21 Å². The molecule has 0 atom stereocenters. The molecule has 3 N–H and O–H groups in total. The van der Waals surface area contributed by atoms with Crippen molar-refractivity contribution in [3.63, 3.8) is 0 Å². The Kier molecular flexibility index (Phi) is 5.40. The number of anilines is 1. The Morgan fingerprint density at radius 3 is 2.80 bits per heavy atom. The highest BCUT2D eigenvalue weighted by atomic mass is 16.4. The number of fused-ring (bicyclic) bond motifs is 1. The third-order valence-corrected chi connectivity index (χ3v) is 4.62.